The Kier molecular flexibility index (Phi) is 3.88. The minimum atomic E-state index is 0.231. The van der Waals surface area contributed by atoms with Crippen LogP contribution in [0.5, 0.6) is 0 Å². The zero-order valence-electron chi connectivity index (χ0n) is 11.1. The van der Waals surface area contributed by atoms with Crippen LogP contribution in [0.2, 0.25) is 0 Å². The molecule has 2 atom stereocenters. The van der Waals surface area contributed by atoms with Gasteiger partial charge < -0.3 is 15.4 Å². The van der Waals surface area contributed by atoms with Gasteiger partial charge in [-0.3, -0.25) is 0 Å². The van der Waals surface area contributed by atoms with Crippen molar-refractivity contribution in [2.45, 2.75) is 33.0 Å². The van der Waals surface area contributed by atoms with Gasteiger partial charge in [-0.1, -0.05) is 23.8 Å². The van der Waals surface area contributed by atoms with Crippen molar-refractivity contribution in [3.05, 3.63) is 29.3 Å². The maximum atomic E-state index is 5.83. The maximum Gasteiger partial charge on any atom is 0.106 e. The van der Waals surface area contributed by atoms with Crippen molar-refractivity contribution >= 4 is 22.9 Å². The summed E-state index contributed by atoms with van der Waals surface area (Å²) in [4.78, 5) is 2.77. The van der Waals surface area contributed by atoms with Gasteiger partial charge in [0, 0.05) is 24.3 Å². The summed E-state index contributed by atoms with van der Waals surface area (Å²) in [5.41, 5.74) is 9.09. The lowest BCUT2D eigenvalue weighted by atomic mass is 10.1. The number of nitrogens with zero attached hydrogens (tertiary/aromatic N) is 1. The van der Waals surface area contributed by atoms with E-state index in [4.69, 9.17) is 22.7 Å². The number of nitrogens with two attached hydrogens (primary N) is 1. The van der Waals surface area contributed by atoms with E-state index in [9.17, 15) is 0 Å². The number of hydrogen-bond acceptors (Lipinski definition) is 3. The normalized spacial score (nSPS) is 24.1. The van der Waals surface area contributed by atoms with Gasteiger partial charge in [0.05, 0.1) is 12.2 Å². The molecule has 1 aliphatic rings. The van der Waals surface area contributed by atoms with E-state index >= 15 is 0 Å². The van der Waals surface area contributed by atoms with Crippen molar-refractivity contribution in [2.24, 2.45) is 5.73 Å². The van der Waals surface area contributed by atoms with Crippen LogP contribution in [0, 0.1) is 6.92 Å². The predicted octanol–water partition coefficient (Wildman–Crippen LogP) is 2.24. The molecule has 1 saturated heterocycles. The summed E-state index contributed by atoms with van der Waals surface area (Å²) in [6.07, 6.45) is 0.462. The Bertz CT molecular complexity index is 451. The summed E-state index contributed by atoms with van der Waals surface area (Å²) < 4.78 is 5.76. The van der Waals surface area contributed by atoms with Crippen LogP contribution in [-0.4, -0.2) is 30.3 Å². The monoisotopic (exact) mass is 264 g/mol. The van der Waals surface area contributed by atoms with Gasteiger partial charge in [0.15, 0.2) is 0 Å². The first-order valence-electron chi connectivity index (χ1n) is 6.28. The van der Waals surface area contributed by atoms with Crippen LogP contribution in [0.3, 0.4) is 0 Å². The first-order chi connectivity index (χ1) is 8.47. The first-order valence-corrected chi connectivity index (χ1v) is 6.69. The fraction of sp³-hybridized carbons (Fsp3) is 0.500. The Balaban J connectivity index is 2.35. The number of anilines is 1. The minimum absolute atomic E-state index is 0.231. The highest BCUT2D eigenvalue weighted by molar-refractivity contribution is 7.80. The molecular formula is C14H20N2OS. The van der Waals surface area contributed by atoms with E-state index in [1.54, 1.807) is 0 Å². The molecule has 2 N–H and O–H groups in total. The van der Waals surface area contributed by atoms with E-state index in [1.165, 1.54) is 5.56 Å². The Morgan fingerprint density at radius 1 is 1.33 bits per heavy atom. The van der Waals surface area contributed by atoms with Crippen molar-refractivity contribution in [1.29, 1.82) is 0 Å². The smallest absolute Gasteiger partial charge is 0.106 e. The highest BCUT2D eigenvalue weighted by atomic mass is 32.1. The average Bonchev–Trinajstić information content (AvgIpc) is 2.27. The molecule has 1 aliphatic heterocycles. The van der Waals surface area contributed by atoms with Crippen molar-refractivity contribution < 1.29 is 4.74 Å². The number of hydrogen-bond donors (Lipinski definition) is 1. The molecule has 0 aliphatic carbocycles. The third-order valence-corrected chi connectivity index (χ3v) is 3.40. The number of aryl methyl sites for hydroxylation is 1. The summed E-state index contributed by atoms with van der Waals surface area (Å²) in [5.74, 6) is 0. The molecule has 0 spiro atoms. The van der Waals surface area contributed by atoms with Crippen LogP contribution in [0.4, 0.5) is 5.69 Å². The molecule has 1 fully saturated rings. The van der Waals surface area contributed by atoms with Crippen molar-refractivity contribution in [3.8, 4) is 0 Å². The van der Waals surface area contributed by atoms with Gasteiger partial charge in [-0.25, -0.2) is 0 Å². The third-order valence-electron chi connectivity index (χ3n) is 3.18. The quantitative estimate of drug-likeness (QED) is 0.832. The number of rotatable bonds is 2. The summed E-state index contributed by atoms with van der Waals surface area (Å²) in [6, 6.07) is 6.26. The third kappa shape index (κ3) is 2.82. The molecule has 0 amide bonds. The number of benzene rings is 1. The molecule has 1 aromatic carbocycles. The average molecular weight is 264 g/mol. The fourth-order valence-corrected chi connectivity index (χ4v) is 2.66. The van der Waals surface area contributed by atoms with E-state index in [0.29, 0.717) is 4.99 Å². The Hall–Kier alpha value is -1.13. The topological polar surface area (TPSA) is 38.5 Å². The Labute approximate surface area is 114 Å². The summed E-state index contributed by atoms with van der Waals surface area (Å²) in [5, 5.41) is 0. The standard InChI is InChI=1S/C14H20N2OS/c1-9-4-5-13(12(6-9)14(15)18)16-7-10(2)17-11(3)8-16/h4-6,10-11H,7-8H2,1-3H3,(H2,15,18). The van der Waals surface area contributed by atoms with E-state index in [1.807, 2.05) is 0 Å². The van der Waals surface area contributed by atoms with Crippen molar-refractivity contribution in [2.75, 3.05) is 18.0 Å². The molecule has 1 heterocycles. The van der Waals surface area contributed by atoms with Crippen molar-refractivity contribution in [1.82, 2.24) is 0 Å². The predicted molar refractivity (Wildman–Crippen MR) is 79.3 cm³/mol. The lowest BCUT2D eigenvalue weighted by Gasteiger charge is -2.37. The van der Waals surface area contributed by atoms with E-state index in [2.05, 4.69) is 43.9 Å². The Morgan fingerprint density at radius 3 is 2.50 bits per heavy atom. The lowest BCUT2D eigenvalue weighted by molar-refractivity contribution is -0.00522. The molecule has 0 aromatic heterocycles. The molecule has 0 radical (unpaired) electrons. The second-order valence-electron chi connectivity index (χ2n) is 5.05. The number of thiocarbonyl (C=S) groups is 1. The molecule has 2 rings (SSSR count). The van der Waals surface area contributed by atoms with Crippen LogP contribution in [-0.2, 0) is 4.74 Å². The number of morpholine rings is 1. The van der Waals surface area contributed by atoms with E-state index < -0.39 is 0 Å². The van der Waals surface area contributed by atoms with Crippen molar-refractivity contribution in [3.63, 3.8) is 0 Å². The van der Waals surface area contributed by atoms with Gasteiger partial charge in [0.1, 0.15) is 4.99 Å². The van der Waals surface area contributed by atoms with Crippen LogP contribution in [0.1, 0.15) is 25.0 Å². The molecule has 0 saturated carbocycles. The zero-order valence-corrected chi connectivity index (χ0v) is 12.0. The molecule has 4 heteroatoms. The maximum absolute atomic E-state index is 5.83. The lowest BCUT2D eigenvalue weighted by Crippen LogP contribution is -2.46. The summed E-state index contributed by atoms with van der Waals surface area (Å²) >= 11 is 5.16. The molecule has 18 heavy (non-hydrogen) atoms. The SMILES string of the molecule is Cc1ccc(N2CC(C)OC(C)C2)c(C(N)=S)c1. The first kappa shape index (κ1) is 13.3. The molecular weight excluding hydrogens is 244 g/mol. The summed E-state index contributed by atoms with van der Waals surface area (Å²) in [6.45, 7) is 8.00. The fourth-order valence-electron chi connectivity index (χ4n) is 2.50. The van der Waals surface area contributed by atoms with Gasteiger partial charge in [-0.05, 0) is 32.9 Å². The van der Waals surface area contributed by atoms with Crippen LogP contribution < -0.4 is 10.6 Å². The molecule has 0 bridgehead atoms. The second-order valence-corrected chi connectivity index (χ2v) is 5.49. The van der Waals surface area contributed by atoms with Gasteiger partial charge in [-0.2, -0.15) is 0 Å². The van der Waals surface area contributed by atoms with Gasteiger partial charge in [0.2, 0.25) is 0 Å². The molecule has 3 nitrogen and oxygen atoms in total. The van der Waals surface area contributed by atoms with Gasteiger partial charge in [-0.15, -0.1) is 0 Å². The van der Waals surface area contributed by atoms with E-state index in [-0.39, 0.29) is 12.2 Å². The zero-order chi connectivity index (χ0) is 13.3. The number of ether oxygens (including phenoxy) is 1. The van der Waals surface area contributed by atoms with Gasteiger partial charge >= 0.3 is 0 Å². The highest BCUT2D eigenvalue weighted by Gasteiger charge is 2.24. The molecule has 1 aromatic rings. The van der Waals surface area contributed by atoms with Crippen LogP contribution >= 0.6 is 12.2 Å². The minimum Gasteiger partial charge on any atom is -0.389 e. The Morgan fingerprint density at radius 2 is 1.94 bits per heavy atom. The summed E-state index contributed by atoms with van der Waals surface area (Å²) in [7, 11) is 0. The van der Waals surface area contributed by atoms with Crippen LogP contribution in [0.25, 0.3) is 0 Å². The van der Waals surface area contributed by atoms with Gasteiger partial charge in [0.25, 0.3) is 0 Å². The molecule has 2 unspecified atom stereocenters. The second kappa shape index (κ2) is 5.24. The van der Waals surface area contributed by atoms with Crippen LogP contribution in [0.15, 0.2) is 18.2 Å². The molecule has 98 valence electrons. The highest BCUT2D eigenvalue weighted by Crippen LogP contribution is 2.25. The largest absolute Gasteiger partial charge is 0.389 e. The van der Waals surface area contributed by atoms with E-state index in [0.717, 1.165) is 24.3 Å².